The first-order valence-electron chi connectivity index (χ1n) is 8.33. The molecule has 2 heterocycles. The number of hydrogen-bond donors (Lipinski definition) is 1. The molecule has 0 fully saturated rings. The Kier molecular flexibility index (Phi) is 5.88. The Morgan fingerprint density at radius 1 is 1.15 bits per heavy atom. The maximum absolute atomic E-state index is 12.5. The number of hydrogen-bond acceptors (Lipinski definition) is 4. The number of carbonyl (C=O) groups is 1. The number of carbonyl (C=O) groups excluding carboxylic acids is 1. The summed E-state index contributed by atoms with van der Waals surface area (Å²) in [5.41, 5.74) is 0.821. The molecule has 1 aromatic carbocycles. The highest BCUT2D eigenvalue weighted by molar-refractivity contribution is 6.30. The normalized spacial score (nSPS) is 10.4. The van der Waals surface area contributed by atoms with Crippen LogP contribution in [0.25, 0.3) is 11.4 Å². The molecule has 1 N–H and O–H groups in total. The number of ether oxygens (including phenoxy) is 1. The van der Waals surface area contributed by atoms with Crippen molar-refractivity contribution >= 4 is 17.5 Å². The minimum absolute atomic E-state index is 0.0728. The molecule has 1 amide bonds. The fourth-order valence-electron chi connectivity index (χ4n) is 2.45. The molecule has 0 unspecified atom stereocenters. The van der Waals surface area contributed by atoms with E-state index in [1.165, 1.54) is 11.0 Å². The number of likely N-dealkylation sites (N-methyl/N-ethyl adjacent to an activating group) is 1. The van der Waals surface area contributed by atoms with Crippen LogP contribution in [0.2, 0.25) is 5.02 Å². The molecule has 0 radical (unpaired) electrons. The lowest BCUT2D eigenvalue weighted by molar-refractivity contribution is 0.0772. The average molecular weight is 384 g/mol. The van der Waals surface area contributed by atoms with Crippen molar-refractivity contribution in [3.63, 3.8) is 0 Å². The zero-order valence-electron chi connectivity index (χ0n) is 14.7. The highest BCUT2D eigenvalue weighted by Crippen LogP contribution is 2.15. The second-order valence-corrected chi connectivity index (χ2v) is 6.30. The van der Waals surface area contributed by atoms with Gasteiger partial charge in [0.25, 0.3) is 11.5 Å². The Balaban J connectivity index is 1.62. The molecule has 0 saturated heterocycles. The highest BCUT2D eigenvalue weighted by atomic mass is 35.5. The van der Waals surface area contributed by atoms with Gasteiger partial charge in [-0.3, -0.25) is 14.6 Å². The van der Waals surface area contributed by atoms with E-state index in [1.54, 1.807) is 55.7 Å². The van der Waals surface area contributed by atoms with Gasteiger partial charge in [-0.25, -0.2) is 0 Å². The van der Waals surface area contributed by atoms with Gasteiger partial charge in [-0.2, -0.15) is 0 Å². The number of amides is 1. The molecule has 2 aromatic heterocycles. The zero-order valence-corrected chi connectivity index (χ0v) is 15.4. The monoisotopic (exact) mass is 383 g/mol. The van der Waals surface area contributed by atoms with Gasteiger partial charge in [-0.1, -0.05) is 17.7 Å². The van der Waals surface area contributed by atoms with Gasteiger partial charge < -0.3 is 14.6 Å². The molecular formula is C20H18ClN3O3. The van der Waals surface area contributed by atoms with E-state index in [9.17, 15) is 9.59 Å². The molecule has 0 aliphatic heterocycles. The number of pyridine rings is 2. The Bertz CT molecular complexity index is 972. The van der Waals surface area contributed by atoms with Crippen LogP contribution < -0.4 is 10.3 Å². The molecule has 3 rings (SSSR count). The lowest BCUT2D eigenvalue weighted by Gasteiger charge is -2.17. The lowest BCUT2D eigenvalue weighted by Crippen LogP contribution is -2.34. The first-order valence-corrected chi connectivity index (χ1v) is 8.71. The SMILES string of the molecule is CN(CCOc1ccc(Cl)cc1)C(=O)c1ccc(-c2ccccn2)[nH]c1=O. The number of H-pyrrole nitrogens is 1. The topological polar surface area (TPSA) is 75.3 Å². The maximum atomic E-state index is 12.5. The number of aromatic amines is 1. The van der Waals surface area contributed by atoms with Gasteiger partial charge in [-0.05, 0) is 48.5 Å². The van der Waals surface area contributed by atoms with Crippen molar-refractivity contribution in [3.05, 3.63) is 81.7 Å². The van der Waals surface area contributed by atoms with Crippen LogP contribution in [0.5, 0.6) is 5.75 Å². The van der Waals surface area contributed by atoms with Gasteiger partial charge in [0, 0.05) is 18.3 Å². The van der Waals surface area contributed by atoms with Crippen LogP contribution in [-0.4, -0.2) is 41.0 Å². The third-order valence-electron chi connectivity index (χ3n) is 3.94. The summed E-state index contributed by atoms with van der Waals surface area (Å²) in [7, 11) is 1.62. The molecule has 0 bridgehead atoms. The fourth-order valence-corrected chi connectivity index (χ4v) is 2.58. The molecule has 0 aliphatic carbocycles. The Hall–Kier alpha value is -3.12. The third kappa shape index (κ3) is 4.74. The molecule has 0 saturated carbocycles. The van der Waals surface area contributed by atoms with Crippen molar-refractivity contribution in [3.8, 4) is 17.1 Å². The lowest BCUT2D eigenvalue weighted by atomic mass is 10.2. The fraction of sp³-hybridized carbons (Fsp3) is 0.150. The Morgan fingerprint density at radius 3 is 2.59 bits per heavy atom. The summed E-state index contributed by atoms with van der Waals surface area (Å²) in [5.74, 6) is 0.293. The van der Waals surface area contributed by atoms with Crippen LogP contribution >= 0.6 is 11.6 Å². The first kappa shape index (κ1) is 18.7. The van der Waals surface area contributed by atoms with E-state index < -0.39 is 5.56 Å². The summed E-state index contributed by atoms with van der Waals surface area (Å²) in [6, 6.07) is 15.6. The van der Waals surface area contributed by atoms with Gasteiger partial charge in [0.05, 0.1) is 17.9 Å². The van der Waals surface area contributed by atoms with E-state index in [0.717, 1.165) is 0 Å². The summed E-state index contributed by atoms with van der Waals surface area (Å²) < 4.78 is 5.58. The molecular weight excluding hydrogens is 366 g/mol. The van der Waals surface area contributed by atoms with Crippen molar-refractivity contribution in [2.45, 2.75) is 0 Å². The van der Waals surface area contributed by atoms with Crippen molar-refractivity contribution in [1.29, 1.82) is 0 Å². The smallest absolute Gasteiger partial charge is 0.261 e. The summed E-state index contributed by atoms with van der Waals surface area (Å²) in [4.78, 5) is 33.2. The van der Waals surface area contributed by atoms with Crippen LogP contribution in [0.1, 0.15) is 10.4 Å². The van der Waals surface area contributed by atoms with Crippen LogP contribution in [0.3, 0.4) is 0 Å². The van der Waals surface area contributed by atoms with Gasteiger partial charge >= 0.3 is 0 Å². The summed E-state index contributed by atoms with van der Waals surface area (Å²) in [5, 5.41) is 0.628. The molecule has 0 spiro atoms. The van der Waals surface area contributed by atoms with E-state index in [4.69, 9.17) is 16.3 Å². The minimum Gasteiger partial charge on any atom is -0.492 e. The van der Waals surface area contributed by atoms with Crippen LogP contribution in [0, 0.1) is 0 Å². The molecule has 0 atom stereocenters. The summed E-state index contributed by atoms with van der Waals surface area (Å²) in [6.07, 6.45) is 1.64. The number of aromatic nitrogens is 2. The molecule has 6 nitrogen and oxygen atoms in total. The average Bonchev–Trinajstić information content (AvgIpc) is 2.69. The molecule has 3 aromatic rings. The van der Waals surface area contributed by atoms with Crippen LogP contribution in [0.15, 0.2) is 65.6 Å². The minimum atomic E-state index is -0.450. The van der Waals surface area contributed by atoms with E-state index in [-0.39, 0.29) is 11.5 Å². The molecule has 138 valence electrons. The third-order valence-corrected chi connectivity index (χ3v) is 4.19. The quantitative estimate of drug-likeness (QED) is 0.709. The maximum Gasteiger partial charge on any atom is 0.261 e. The summed E-state index contributed by atoms with van der Waals surface area (Å²) in [6.45, 7) is 0.636. The summed E-state index contributed by atoms with van der Waals surface area (Å²) >= 11 is 5.83. The van der Waals surface area contributed by atoms with E-state index in [1.807, 2.05) is 6.07 Å². The Labute approximate surface area is 161 Å². The number of halogens is 1. The van der Waals surface area contributed by atoms with E-state index in [2.05, 4.69) is 9.97 Å². The van der Waals surface area contributed by atoms with Crippen molar-refractivity contribution in [2.75, 3.05) is 20.2 Å². The standard InChI is InChI=1S/C20H18ClN3O3/c1-24(12-13-27-15-7-5-14(21)6-8-15)20(26)16-9-10-18(23-19(16)25)17-4-2-3-11-22-17/h2-11H,12-13H2,1H3,(H,23,25). The van der Waals surface area contributed by atoms with Crippen LogP contribution in [-0.2, 0) is 0 Å². The number of rotatable bonds is 6. The van der Waals surface area contributed by atoms with Crippen molar-refractivity contribution in [1.82, 2.24) is 14.9 Å². The van der Waals surface area contributed by atoms with Gasteiger partial charge in [-0.15, -0.1) is 0 Å². The predicted octanol–water partition coefficient (Wildman–Crippen LogP) is 3.24. The van der Waals surface area contributed by atoms with Gasteiger partial charge in [0.15, 0.2) is 0 Å². The predicted molar refractivity (Wildman–Crippen MR) is 104 cm³/mol. The zero-order chi connectivity index (χ0) is 19.2. The van der Waals surface area contributed by atoms with Gasteiger partial charge in [0.1, 0.15) is 17.9 Å². The number of nitrogens with zero attached hydrogens (tertiary/aromatic N) is 2. The second-order valence-electron chi connectivity index (χ2n) is 5.86. The van der Waals surface area contributed by atoms with E-state index in [0.29, 0.717) is 35.3 Å². The largest absolute Gasteiger partial charge is 0.492 e. The first-order chi connectivity index (χ1) is 13.0. The van der Waals surface area contributed by atoms with Gasteiger partial charge in [0.2, 0.25) is 0 Å². The molecule has 27 heavy (non-hydrogen) atoms. The highest BCUT2D eigenvalue weighted by Gasteiger charge is 2.16. The second kappa shape index (κ2) is 8.51. The van der Waals surface area contributed by atoms with E-state index >= 15 is 0 Å². The molecule has 7 heteroatoms. The van der Waals surface area contributed by atoms with Crippen LogP contribution in [0.4, 0.5) is 0 Å². The Morgan fingerprint density at radius 2 is 1.93 bits per heavy atom. The molecule has 0 aliphatic rings. The number of nitrogens with one attached hydrogen (secondary N) is 1. The van der Waals surface area contributed by atoms with Crippen molar-refractivity contribution in [2.24, 2.45) is 0 Å². The number of benzene rings is 1. The van der Waals surface area contributed by atoms with Crippen molar-refractivity contribution < 1.29 is 9.53 Å².